The van der Waals surface area contributed by atoms with Crippen molar-refractivity contribution in [1.82, 2.24) is 4.90 Å². The minimum atomic E-state index is -2.89. The lowest BCUT2D eigenvalue weighted by atomic mass is 10.1. The van der Waals surface area contributed by atoms with Crippen LogP contribution in [0.5, 0.6) is 5.75 Å². The highest BCUT2D eigenvalue weighted by molar-refractivity contribution is 7.92. The van der Waals surface area contributed by atoms with Crippen LogP contribution in [0.2, 0.25) is 0 Å². The third-order valence-corrected chi connectivity index (χ3v) is 5.68. The van der Waals surface area contributed by atoms with E-state index in [2.05, 4.69) is 4.90 Å². The molecule has 0 atom stereocenters. The zero-order valence-corrected chi connectivity index (χ0v) is 13.2. The Labute approximate surface area is 121 Å². The maximum Gasteiger partial charge on any atom is 0.155 e. The Kier molecular flexibility index (Phi) is 4.70. The molecule has 1 aromatic rings. The highest BCUT2D eigenvalue weighted by Crippen LogP contribution is 2.25. The van der Waals surface area contributed by atoms with E-state index in [1.165, 1.54) is 0 Å². The van der Waals surface area contributed by atoms with E-state index in [1.54, 1.807) is 6.92 Å². The molecule has 1 aromatic carbocycles. The summed E-state index contributed by atoms with van der Waals surface area (Å²) in [6.07, 6.45) is 0.140. The number of likely N-dealkylation sites (tertiary alicyclic amines) is 1. The summed E-state index contributed by atoms with van der Waals surface area (Å²) in [4.78, 5) is 2.15. The van der Waals surface area contributed by atoms with E-state index in [-0.39, 0.29) is 17.1 Å². The normalized spacial score (nSPS) is 17.2. The van der Waals surface area contributed by atoms with Gasteiger partial charge in [-0.2, -0.15) is 0 Å². The molecular formula is C15H23NO3S. The molecule has 0 unspecified atom stereocenters. The maximum absolute atomic E-state index is 11.7. The van der Waals surface area contributed by atoms with E-state index in [0.29, 0.717) is 13.1 Å². The van der Waals surface area contributed by atoms with Gasteiger partial charge in [-0.05, 0) is 19.9 Å². The summed E-state index contributed by atoms with van der Waals surface area (Å²) in [6, 6.07) is 7.96. The van der Waals surface area contributed by atoms with E-state index < -0.39 is 9.84 Å². The molecular weight excluding hydrogens is 274 g/mol. The van der Waals surface area contributed by atoms with E-state index in [4.69, 9.17) is 4.74 Å². The molecule has 112 valence electrons. The Morgan fingerprint density at radius 3 is 2.55 bits per heavy atom. The van der Waals surface area contributed by atoms with Crippen LogP contribution >= 0.6 is 0 Å². The van der Waals surface area contributed by atoms with Crippen molar-refractivity contribution in [3.8, 4) is 5.75 Å². The van der Waals surface area contributed by atoms with Gasteiger partial charge in [-0.1, -0.05) is 25.1 Å². The van der Waals surface area contributed by atoms with Crippen molar-refractivity contribution < 1.29 is 13.2 Å². The van der Waals surface area contributed by atoms with Gasteiger partial charge in [0, 0.05) is 31.0 Å². The Morgan fingerprint density at radius 1 is 1.30 bits per heavy atom. The smallest absolute Gasteiger partial charge is 0.155 e. The molecule has 0 saturated carbocycles. The van der Waals surface area contributed by atoms with Gasteiger partial charge in [0.15, 0.2) is 9.84 Å². The van der Waals surface area contributed by atoms with Gasteiger partial charge in [-0.15, -0.1) is 0 Å². The summed E-state index contributed by atoms with van der Waals surface area (Å²) in [5.41, 5.74) is 1.12. The fourth-order valence-electron chi connectivity index (χ4n) is 2.36. The lowest BCUT2D eigenvalue weighted by Gasteiger charge is -2.38. The monoisotopic (exact) mass is 297 g/mol. The van der Waals surface area contributed by atoms with Gasteiger partial charge in [-0.25, -0.2) is 8.42 Å². The van der Waals surface area contributed by atoms with Gasteiger partial charge < -0.3 is 4.74 Å². The van der Waals surface area contributed by atoms with Crippen molar-refractivity contribution in [3.63, 3.8) is 0 Å². The van der Waals surface area contributed by atoms with Gasteiger partial charge in [0.05, 0.1) is 11.4 Å². The van der Waals surface area contributed by atoms with Crippen molar-refractivity contribution in [2.75, 3.05) is 18.8 Å². The van der Waals surface area contributed by atoms with Gasteiger partial charge in [0.2, 0.25) is 0 Å². The molecule has 0 spiro atoms. The molecule has 1 saturated heterocycles. The molecule has 2 rings (SSSR count). The number of ether oxygens (including phenoxy) is 1. The Morgan fingerprint density at radius 2 is 1.95 bits per heavy atom. The van der Waals surface area contributed by atoms with Crippen molar-refractivity contribution in [2.24, 2.45) is 0 Å². The fraction of sp³-hybridized carbons (Fsp3) is 0.600. The highest BCUT2D eigenvalue weighted by Gasteiger charge is 2.36. The molecule has 1 aliphatic heterocycles. The fourth-order valence-corrected chi connectivity index (χ4v) is 3.71. The molecule has 0 amide bonds. The molecule has 4 nitrogen and oxygen atoms in total. The van der Waals surface area contributed by atoms with Crippen LogP contribution in [0.1, 0.15) is 26.3 Å². The van der Waals surface area contributed by atoms with Crippen LogP contribution in [0.15, 0.2) is 24.3 Å². The van der Waals surface area contributed by atoms with Crippen LogP contribution in [-0.2, 0) is 16.4 Å². The van der Waals surface area contributed by atoms with Crippen molar-refractivity contribution >= 4 is 9.84 Å². The van der Waals surface area contributed by atoms with Crippen LogP contribution in [0.4, 0.5) is 0 Å². The van der Waals surface area contributed by atoms with Gasteiger partial charge in [0.1, 0.15) is 5.75 Å². The minimum Gasteiger partial charge on any atom is -0.491 e. The lowest BCUT2D eigenvalue weighted by molar-refractivity contribution is 0.170. The predicted molar refractivity (Wildman–Crippen MR) is 80.7 cm³/mol. The first-order valence-electron chi connectivity index (χ1n) is 7.11. The van der Waals surface area contributed by atoms with E-state index in [9.17, 15) is 8.42 Å². The van der Waals surface area contributed by atoms with Gasteiger partial charge in [0.25, 0.3) is 0 Å². The van der Waals surface area contributed by atoms with E-state index in [0.717, 1.165) is 17.9 Å². The van der Waals surface area contributed by atoms with Crippen LogP contribution < -0.4 is 4.74 Å². The molecule has 0 aromatic heterocycles. The Balaban J connectivity index is 1.96. The number of nitrogens with zero attached hydrogens (tertiary/aromatic N) is 1. The number of para-hydroxylation sites is 1. The highest BCUT2D eigenvalue weighted by atomic mass is 32.2. The Bertz CT molecular complexity index is 548. The molecule has 1 aliphatic rings. The number of benzene rings is 1. The molecule has 20 heavy (non-hydrogen) atoms. The second-order valence-corrected chi connectivity index (χ2v) is 8.11. The largest absolute Gasteiger partial charge is 0.491 e. The lowest BCUT2D eigenvalue weighted by Crippen LogP contribution is -2.54. The Hall–Kier alpha value is -1.07. The molecule has 0 bridgehead atoms. The first-order valence-corrected chi connectivity index (χ1v) is 8.82. The summed E-state index contributed by atoms with van der Waals surface area (Å²) < 4.78 is 29.3. The molecule has 0 aliphatic carbocycles. The predicted octanol–water partition coefficient (Wildman–Crippen LogP) is 2.09. The van der Waals surface area contributed by atoms with Crippen LogP contribution in [0.3, 0.4) is 0 Å². The van der Waals surface area contributed by atoms with E-state index in [1.807, 2.05) is 38.1 Å². The van der Waals surface area contributed by atoms with Crippen LogP contribution in [0, 0.1) is 0 Å². The van der Waals surface area contributed by atoms with Crippen LogP contribution in [0.25, 0.3) is 0 Å². The van der Waals surface area contributed by atoms with Crippen molar-refractivity contribution in [1.29, 1.82) is 0 Å². The molecule has 0 N–H and O–H groups in total. The minimum absolute atomic E-state index is 0.140. The molecule has 0 radical (unpaired) electrons. The molecule has 5 heteroatoms. The van der Waals surface area contributed by atoms with Crippen molar-refractivity contribution in [2.45, 2.75) is 38.7 Å². The number of sulfone groups is 1. The molecule has 1 heterocycles. The van der Waals surface area contributed by atoms with Crippen LogP contribution in [-0.4, -0.2) is 43.5 Å². The number of hydrogen-bond donors (Lipinski definition) is 0. The van der Waals surface area contributed by atoms with Gasteiger partial charge >= 0.3 is 0 Å². The van der Waals surface area contributed by atoms with Crippen molar-refractivity contribution in [3.05, 3.63) is 29.8 Å². The third-order valence-electron chi connectivity index (χ3n) is 3.56. The van der Waals surface area contributed by atoms with E-state index >= 15 is 0 Å². The summed E-state index contributed by atoms with van der Waals surface area (Å²) in [6.45, 7) is 7.73. The summed E-state index contributed by atoms with van der Waals surface area (Å²) in [5, 5.41) is -0.189. The SMILES string of the molecule is CCS(=O)(=O)C1CN(Cc2ccccc2OC(C)C)C1. The zero-order valence-electron chi connectivity index (χ0n) is 12.4. The third kappa shape index (κ3) is 3.52. The first kappa shape index (κ1) is 15.3. The average Bonchev–Trinajstić information content (AvgIpc) is 2.34. The topological polar surface area (TPSA) is 46.6 Å². The van der Waals surface area contributed by atoms with Gasteiger partial charge in [-0.3, -0.25) is 4.90 Å². The second-order valence-electron chi connectivity index (χ2n) is 5.54. The summed E-state index contributed by atoms with van der Waals surface area (Å²) in [5.74, 6) is 1.13. The molecule has 1 fully saturated rings. The summed E-state index contributed by atoms with van der Waals surface area (Å²) >= 11 is 0. The summed E-state index contributed by atoms with van der Waals surface area (Å²) in [7, 11) is -2.89. The number of hydrogen-bond acceptors (Lipinski definition) is 4. The first-order chi connectivity index (χ1) is 9.42. The maximum atomic E-state index is 11.7. The quantitative estimate of drug-likeness (QED) is 0.806. The standard InChI is InChI=1S/C15H23NO3S/c1-4-20(17,18)14-10-16(11-14)9-13-7-5-6-8-15(13)19-12(2)3/h5-8,12,14H,4,9-11H2,1-3H3. The number of rotatable bonds is 6. The average molecular weight is 297 g/mol. The second kappa shape index (κ2) is 6.14. The zero-order chi connectivity index (χ0) is 14.8.